The second kappa shape index (κ2) is 6.94. The number of hydrogen-bond donors (Lipinski definition) is 0. The maximum atomic E-state index is 4.84. The van der Waals surface area contributed by atoms with E-state index in [-0.39, 0.29) is 0 Å². The first kappa shape index (κ1) is 15.7. The lowest BCUT2D eigenvalue weighted by Crippen LogP contribution is -2.33. The van der Waals surface area contributed by atoms with Gasteiger partial charge in [-0.15, -0.1) is 16.4 Å². The molecule has 0 radical (unpaired) electrons. The third-order valence-corrected chi connectivity index (χ3v) is 5.85. The molecule has 2 aromatic heterocycles. The lowest BCUT2D eigenvalue weighted by Gasteiger charge is -2.30. The normalized spacial score (nSPS) is 16.9. The Hall–Kier alpha value is -1.86. The standard InChI is InChI=1S/C17H22N6S/c1-2-9-23-16(19-20-21-23)12-22-10-7-13(8-11-22)17-18-14-5-3-4-6-15(14)24-17/h3-6,13H,2,7-12H2,1H3. The summed E-state index contributed by atoms with van der Waals surface area (Å²) in [6, 6.07) is 8.43. The second-order valence-electron chi connectivity index (χ2n) is 6.39. The van der Waals surface area contributed by atoms with Crippen molar-refractivity contribution in [1.29, 1.82) is 0 Å². The van der Waals surface area contributed by atoms with Gasteiger partial charge in [-0.3, -0.25) is 4.90 Å². The number of para-hydroxylation sites is 1. The highest BCUT2D eigenvalue weighted by Crippen LogP contribution is 2.33. The minimum Gasteiger partial charge on any atom is -0.296 e. The Morgan fingerprint density at radius 3 is 2.83 bits per heavy atom. The maximum absolute atomic E-state index is 4.84. The van der Waals surface area contributed by atoms with Crippen molar-refractivity contribution in [2.24, 2.45) is 0 Å². The van der Waals surface area contributed by atoms with Crippen molar-refractivity contribution in [1.82, 2.24) is 30.1 Å². The first-order valence-corrected chi connectivity index (χ1v) is 9.48. The molecule has 0 atom stereocenters. The number of aryl methyl sites for hydroxylation is 1. The topological polar surface area (TPSA) is 59.7 Å². The number of fused-ring (bicyclic) bond motifs is 1. The molecule has 0 N–H and O–H groups in total. The van der Waals surface area contributed by atoms with E-state index in [4.69, 9.17) is 4.98 Å². The van der Waals surface area contributed by atoms with Gasteiger partial charge in [-0.1, -0.05) is 19.1 Å². The molecule has 126 valence electrons. The molecule has 1 fully saturated rings. The number of hydrogen-bond acceptors (Lipinski definition) is 6. The van der Waals surface area contributed by atoms with Gasteiger partial charge in [0.1, 0.15) is 0 Å². The molecule has 1 aliphatic heterocycles. The van der Waals surface area contributed by atoms with Gasteiger partial charge in [-0.05, 0) is 54.9 Å². The van der Waals surface area contributed by atoms with Gasteiger partial charge in [-0.2, -0.15) is 0 Å². The molecule has 1 aromatic carbocycles. The van der Waals surface area contributed by atoms with Gasteiger partial charge >= 0.3 is 0 Å². The monoisotopic (exact) mass is 342 g/mol. The Balaban J connectivity index is 1.38. The van der Waals surface area contributed by atoms with Crippen LogP contribution < -0.4 is 0 Å². The predicted octanol–water partition coefficient (Wildman–Crippen LogP) is 3.07. The van der Waals surface area contributed by atoms with Gasteiger partial charge in [0.05, 0.1) is 21.8 Å². The fourth-order valence-corrected chi connectivity index (χ4v) is 4.46. The van der Waals surface area contributed by atoms with Crippen LogP contribution in [0.3, 0.4) is 0 Å². The van der Waals surface area contributed by atoms with Crippen LogP contribution in [-0.4, -0.2) is 43.2 Å². The molecule has 0 aliphatic carbocycles. The predicted molar refractivity (Wildman–Crippen MR) is 95.0 cm³/mol. The van der Waals surface area contributed by atoms with Crippen molar-refractivity contribution >= 4 is 21.6 Å². The van der Waals surface area contributed by atoms with Crippen LogP contribution in [0, 0.1) is 0 Å². The first-order chi connectivity index (χ1) is 11.8. The smallest absolute Gasteiger partial charge is 0.165 e. The van der Waals surface area contributed by atoms with Gasteiger partial charge in [0.15, 0.2) is 5.82 Å². The van der Waals surface area contributed by atoms with Gasteiger partial charge in [0, 0.05) is 12.5 Å². The molecule has 3 aromatic rings. The van der Waals surface area contributed by atoms with Crippen LogP contribution >= 0.6 is 11.3 Å². The van der Waals surface area contributed by atoms with Gasteiger partial charge in [-0.25, -0.2) is 9.67 Å². The largest absolute Gasteiger partial charge is 0.296 e. The third kappa shape index (κ3) is 3.18. The van der Waals surface area contributed by atoms with E-state index in [0.29, 0.717) is 5.92 Å². The van der Waals surface area contributed by atoms with Gasteiger partial charge < -0.3 is 0 Å². The summed E-state index contributed by atoms with van der Waals surface area (Å²) in [6.45, 7) is 6.05. The molecule has 6 nitrogen and oxygen atoms in total. The lowest BCUT2D eigenvalue weighted by molar-refractivity contribution is 0.196. The van der Waals surface area contributed by atoms with Crippen molar-refractivity contribution in [3.63, 3.8) is 0 Å². The molecule has 0 saturated carbocycles. The number of nitrogens with zero attached hydrogens (tertiary/aromatic N) is 6. The molecule has 0 spiro atoms. The molecular formula is C17H22N6S. The fraction of sp³-hybridized carbons (Fsp3) is 0.529. The average Bonchev–Trinajstić information content (AvgIpc) is 3.23. The Bertz CT molecular complexity index is 769. The molecule has 0 amide bonds. The highest BCUT2D eigenvalue weighted by molar-refractivity contribution is 7.18. The van der Waals surface area contributed by atoms with Crippen molar-refractivity contribution < 1.29 is 0 Å². The van der Waals surface area contributed by atoms with E-state index < -0.39 is 0 Å². The van der Waals surface area contributed by atoms with Crippen LogP contribution in [0.2, 0.25) is 0 Å². The van der Waals surface area contributed by atoms with Crippen molar-refractivity contribution in [2.45, 2.75) is 45.2 Å². The summed E-state index contributed by atoms with van der Waals surface area (Å²) < 4.78 is 3.23. The molecule has 7 heteroatoms. The molecule has 1 saturated heterocycles. The highest BCUT2D eigenvalue weighted by atomic mass is 32.1. The van der Waals surface area contributed by atoms with Crippen LogP contribution in [0.1, 0.15) is 42.9 Å². The minimum atomic E-state index is 0.588. The summed E-state index contributed by atoms with van der Waals surface area (Å²) >= 11 is 1.85. The Kier molecular flexibility index (Phi) is 4.53. The summed E-state index contributed by atoms with van der Waals surface area (Å²) in [5.74, 6) is 1.57. The van der Waals surface area contributed by atoms with Gasteiger partial charge in [0.25, 0.3) is 0 Å². The van der Waals surface area contributed by atoms with E-state index in [1.165, 1.54) is 9.71 Å². The first-order valence-electron chi connectivity index (χ1n) is 8.66. The zero-order valence-corrected chi connectivity index (χ0v) is 14.7. The van der Waals surface area contributed by atoms with Crippen LogP contribution in [0.25, 0.3) is 10.2 Å². The SMILES string of the molecule is CCCn1nnnc1CN1CCC(c2nc3ccccc3s2)CC1. The van der Waals surface area contributed by atoms with Crippen LogP contribution in [0.4, 0.5) is 0 Å². The average molecular weight is 342 g/mol. The number of benzene rings is 1. The lowest BCUT2D eigenvalue weighted by atomic mass is 9.97. The van der Waals surface area contributed by atoms with Crippen LogP contribution in [-0.2, 0) is 13.1 Å². The van der Waals surface area contributed by atoms with Crippen molar-refractivity contribution in [3.05, 3.63) is 35.1 Å². The minimum absolute atomic E-state index is 0.588. The number of tetrazole rings is 1. The molecule has 3 heterocycles. The summed E-state index contributed by atoms with van der Waals surface area (Å²) in [7, 11) is 0. The van der Waals surface area contributed by atoms with Crippen LogP contribution in [0.15, 0.2) is 24.3 Å². The van der Waals surface area contributed by atoms with E-state index in [1.54, 1.807) is 0 Å². The maximum Gasteiger partial charge on any atom is 0.165 e. The highest BCUT2D eigenvalue weighted by Gasteiger charge is 2.24. The van der Waals surface area contributed by atoms with E-state index >= 15 is 0 Å². The molecule has 0 bridgehead atoms. The van der Waals surface area contributed by atoms with Crippen molar-refractivity contribution in [3.8, 4) is 0 Å². The quantitative estimate of drug-likeness (QED) is 0.713. The second-order valence-corrected chi connectivity index (χ2v) is 7.45. The zero-order chi connectivity index (χ0) is 16.4. The molecule has 4 rings (SSSR count). The van der Waals surface area contributed by atoms with E-state index in [0.717, 1.165) is 56.8 Å². The van der Waals surface area contributed by atoms with E-state index in [1.807, 2.05) is 16.0 Å². The number of thiazole rings is 1. The summed E-state index contributed by atoms with van der Waals surface area (Å²) in [5.41, 5.74) is 1.14. The molecule has 1 aliphatic rings. The van der Waals surface area contributed by atoms with Crippen LogP contribution in [0.5, 0.6) is 0 Å². The fourth-order valence-electron chi connectivity index (χ4n) is 3.32. The van der Waals surface area contributed by atoms with Crippen molar-refractivity contribution in [2.75, 3.05) is 13.1 Å². The Labute approximate surface area is 145 Å². The number of likely N-dealkylation sites (tertiary alicyclic amines) is 1. The number of piperidine rings is 1. The summed E-state index contributed by atoms with van der Waals surface area (Å²) in [6.07, 6.45) is 3.38. The molecular weight excluding hydrogens is 320 g/mol. The summed E-state index contributed by atoms with van der Waals surface area (Å²) in [4.78, 5) is 7.30. The zero-order valence-electron chi connectivity index (χ0n) is 13.9. The van der Waals surface area contributed by atoms with E-state index in [9.17, 15) is 0 Å². The third-order valence-electron chi connectivity index (χ3n) is 4.65. The Morgan fingerprint density at radius 2 is 2.04 bits per heavy atom. The number of aromatic nitrogens is 5. The van der Waals surface area contributed by atoms with E-state index in [2.05, 4.69) is 51.6 Å². The van der Waals surface area contributed by atoms with Gasteiger partial charge in [0.2, 0.25) is 0 Å². The Morgan fingerprint density at radius 1 is 1.21 bits per heavy atom. The summed E-state index contributed by atoms with van der Waals surface area (Å²) in [5, 5.41) is 13.4. The molecule has 0 unspecified atom stereocenters. The molecule has 24 heavy (non-hydrogen) atoms. The number of rotatable bonds is 5.